The molecule has 0 radical (unpaired) electrons. The van der Waals surface area contributed by atoms with Crippen molar-refractivity contribution in [1.29, 1.82) is 0 Å². The molecule has 0 aliphatic rings. The molecule has 1 aromatic heterocycles. The van der Waals surface area contributed by atoms with Gasteiger partial charge in [0.25, 0.3) is 0 Å². The number of nitrogens with one attached hydrogen (secondary N) is 2. The molecular weight excluding hydrogens is 263 g/mol. The van der Waals surface area contributed by atoms with Gasteiger partial charge in [-0.1, -0.05) is 29.3 Å². The van der Waals surface area contributed by atoms with Crippen LogP contribution in [0.2, 0.25) is 10.0 Å². The Morgan fingerprint density at radius 1 is 1.12 bits per heavy atom. The van der Waals surface area contributed by atoms with Crippen molar-refractivity contribution in [1.82, 2.24) is 9.97 Å². The summed E-state index contributed by atoms with van der Waals surface area (Å²) in [5.74, 6) is -0.116. The lowest BCUT2D eigenvalue weighted by Gasteiger charge is -2.02. The number of halogens is 2. The van der Waals surface area contributed by atoms with Crippen molar-refractivity contribution in [2.75, 3.05) is 0 Å². The summed E-state index contributed by atoms with van der Waals surface area (Å²) in [5, 5.41) is 10.4. The lowest BCUT2D eigenvalue weighted by Crippen LogP contribution is -2.01. The van der Waals surface area contributed by atoms with E-state index in [9.17, 15) is 9.90 Å². The van der Waals surface area contributed by atoms with Crippen LogP contribution in [0, 0.1) is 0 Å². The molecule has 0 atom stereocenters. The molecular formula is C11H10Cl2N2O2. The molecule has 2 aromatic rings. The highest BCUT2D eigenvalue weighted by atomic mass is 35.5. The lowest BCUT2D eigenvalue weighted by atomic mass is 10.1. The van der Waals surface area contributed by atoms with E-state index in [1.165, 1.54) is 0 Å². The van der Waals surface area contributed by atoms with Gasteiger partial charge in [0.05, 0.1) is 15.7 Å². The van der Waals surface area contributed by atoms with Crippen molar-refractivity contribution >= 4 is 23.2 Å². The molecule has 0 saturated heterocycles. The van der Waals surface area contributed by atoms with E-state index in [0.29, 0.717) is 28.6 Å². The number of rotatable bonds is 3. The van der Waals surface area contributed by atoms with Crippen molar-refractivity contribution < 1.29 is 5.11 Å². The number of aromatic amines is 2. The molecule has 2 rings (SSSR count). The van der Waals surface area contributed by atoms with Crippen LogP contribution in [0.15, 0.2) is 23.0 Å². The molecule has 0 fully saturated rings. The Labute approximate surface area is 107 Å². The second-order valence-corrected chi connectivity index (χ2v) is 4.47. The first-order chi connectivity index (χ1) is 8.06. The summed E-state index contributed by atoms with van der Waals surface area (Å²) in [4.78, 5) is 15.7. The Balaban J connectivity index is 2.09. The van der Waals surface area contributed by atoms with Crippen LogP contribution in [-0.2, 0) is 12.8 Å². The average molecular weight is 273 g/mol. The molecule has 0 aliphatic carbocycles. The SMILES string of the molecule is O=c1[nH]c(O)c(CCc2ccc(Cl)c(Cl)c2)[nH]1. The fraction of sp³-hybridized carbons (Fsp3) is 0.182. The zero-order valence-corrected chi connectivity index (χ0v) is 10.3. The molecule has 1 aromatic carbocycles. The lowest BCUT2D eigenvalue weighted by molar-refractivity contribution is 0.448. The predicted octanol–water partition coefficient (Wildman–Crippen LogP) is 2.50. The quantitative estimate of drug-likeness (QED) is 0.804. The smallest absolute Gasteiger partial charge is 0.325 e. The maximum atomic E-state index is 10.9. The van der Waals surface area contributed by atoms with Crippen LogP contribution in [-0.4, -0.2) is 15.1 Å². The fourth-order valence-electron chi connectivity index (χ4n) is 1.56. The highest BCUT2D eigenvalue weighted by molar-refractivity contribution is 6.42. The second-order valence-electron chi connectivity index (χ2n) is 3.65. The van der Waals surface area contributed by atoms with Gasteiger partial charge < -0.3 is 10.1 Å². The van der Waals surface area contributed by atoms with Crippen LogP contribution in [0.3, 0.4) is 0 Å². The van der Waals surface area contributed by atoms with Gasteiger partial charge in [0.1, 0.15) is 0 Å². The molecule has 4 nitrogen and oxygen atoms in total. The molecule has 0 aliphatic heterocycles. The van der Waals surface area contributed by atoms with Gasteiger partial charge in [0.2, 0.25) is 5.88 Å². The highest BCUT2D eigenvalue weighted by Gasteiger charge is 2.06. The maximum Gasteiger partial charge on any atom is 0.325 e. The molecule has 0 unspecified atom stereocenters. The minimum atomic E-state index is -0.411. The third kappa shape index (κ3) is 2.84. The number of H-pyrrole nitrogens is 2. The molecule has 90 valence electrons. The number of aromatic nitrogens is 2. The third-order valence-electron chi connectivity index (χ3n) is 2.43. The number of aryl methyl sites for hydroxylation is 2. The summed E-state index contributed by atoms with van der Waals surface area (Å²) < 4.78 is 0. The Morgan fingerprint density at radius 2 is 1.88 bits per heavy atom. The van der Waals surface area contributed by atoms with E-state index in [1.807, 2.05) is 6.07 Å². The summed E-state index contributed by atoms with van der Waals surface area (Å²) in [6.07, 6.45) is 1.17. The summed E-state index contributed by atoms with van der Waals surface area (Å²) in [7, 11) is 0. The van der Waals surface area contributed by atoms with Crippen LogP contribution in [0.1, 0.15) is 11.3 Å². The van der Waals surface area contributed by atoms with Gasteiger partial charge in [0, 0.05) is 0 Å². The van der Waals surface area contributed by atoms with Gasteiger partial charge in [-0.15, -0.1) is 0 Å². The van der Waals surface area contributed by atoms with E-state index in [-0.39, 0.29) is 5.88 Å². The molecule has 0 amide bonds. The van der Waals surface area contributed by atoms with Gasteiger partial charge in [0.15, 0.2) is 0 Å². The van der Waals surface area contributed by atoms with Crippen molar-refractivity contribution in [3.63, 3.8) is 0 Å². The van der Waals surface area contributed by atoms with Gasteiger partial charge in [-0.2, -0.15) is 0 Å². The second kappa shape index (κ2) is 4.85. The first kappa shape index (κ1) is 12.1. The molecule has 1 heterocycles. The largest absolute Gasteiger partial charge is 0.493 e. The van der Waals surface area contributed by atoms with Gasteiger partial charge in [-0.3, -0.25) is 4.98 Å². The molecule has 0 spiro atoms. The van der Waals surface area contributed by atoms with Crippen LogP contribution in [0.25, 0.3) is 0 Å². The van der Waals surface area contributed by atoms with Gasteiger partial charge >= 0.3 is 5.69 Å². The number of benzene rings is 1. The summed E-state index contributed by atoms with van der Waals surface area (Å²) in [6.45, 7) is 0. The summed E-state index contributed by atoms with van der Waals surface area (Å²) >= 11 is 11.7. The Morgan fingerprint density at radius 3 is 2.47 bits per heavy atom. The third-order valence-corrected chi connectivity index (χ3v) is 3.17. The van der Waals surface area contributed by atoms with Crippen LogP contribution < -0.4 is 5.69 Å². The normalized spacial score (nSPS) is 10.7. The van der Waals surface area contributed by atoms with E-state index in [4.69, 9.17) is 23.2 Å². The average Bonchev–Trinajstić information content (AvgIpc) is 2.59. The van der Waals surface area contributed by atoms with E-state index in [0.717, 1.165) is 5.56 Å². The van der Waals surface area contributed by atoms with E-state index >= 15 is 0 Å². The summed E-state index contributed by atoms with van der Waals surface area (Å²) in [6, 6.07) is 5.35. The minimum absolute atomic E-state index is 0.116. The topological polar surface area (TPSA) is 68.9 Å². The number of aromatic hydroxyl groups is 1. The Hall–Kier alpha value is -1.39. The van der Waals surface area contributed by atoms with E-state index in [2.05, 4.69) is 9.97 Å². The van der Waals surface area contributed by atoms with Crippen LogP contribution in [0.5, 0.6) is 5.88 Å². The first-order valence-electron chi connectivity index (χ1n) is 5.00. The van der Waals surface area contributed by atoms with Gasteiger partial charge in [-0.05, 0) is 30.5 Å². The molecule has 17 heavy (non-hydrogen) atoms. The molecule has 0 bridgehead atoms. The van der Waals surface area contributed by atoms with Crippen LogP contribution >= 0.6 is 23.2 Å². The van der Waals surface area contributed by atoms with E-state index in [1.54, 1.807) is 12.1 Å². The maximum absolute atomic E-state index is 10.9. The molecule has 0 saturated carbocycles. The molecule has 3 N–H and O–H groups in total. The fourth-order valence-corrected chi connectivity index (χ4v) is 1.88. The van der Waals surface area contributed by atoms with Crippen LogP contribution in [0.4, 0.5) is 0 Å². The zero-order valence-electron chi connectivity index (χ0n) is 8.76. The Kier molecular flexibility index (Phi) is 3.45. The number of imidazole rings is 1. The van der Waals surface area contributed by atoms with Crippen molar-refractivity contribution in [2.45, 2.75) is 12.8 Å². The standard InChI is InChI=1S/C11H10Cl2N2O2/c12-7-3-1-6(5-8(7)13)2-4-9-10(16)15-11(17)14-9/h1,3,5,16H,2,4H2,(H2,14,15,17). The number of hydrogen-bond donors (Lipinski definition) is 3. The predicted molar refractivity (Wildman–Crippen MR) is 66.9 cm³/mol. The van der Waals surface area contributed by atoms with Crippen molar-refractivity contribution in [2.24, 2.45) is 0 Å². The van der Waals surface area contributed by atoms with E-state index < -0.39 is 5.69 Å². The zero-order chi connectivity index (χ0) is 12.4. The molecule has 6 heteroatoms. The first-order valence-corrected chi connectivity index (χ1v) is 5.76. The Bertz CT molecular complexity index is 589. The monoisotopic (exact) mass is 272 g/mol. The van der Waals surface area contributed by atoms with Crippen molar-refractivity contribution in [3.05, 3.63) is 50.0 Å². The minimum Gasteiger partial charge on any atom is -0.493 e. The van der Waals surface area contributed by atoms with Gasteiger partial charge in [-0.25, -0.2) is 4.79 Å². The number of hydrogen-bond acceptors (Lipinski definition) is 2. The highest BCUT2D eigenvalue weighted by Crippen LogP contribution is 2.23. The summed E-state index contributed by atoms with van der Waals surface area (Å²) in [5.41, 5.74) is 1.06. The van der Waals surface area contributed by atoms with Crippen molar-refractivity contribution in [3.8, 4) is 5.88 Å².